The Morgan fingerprint density at radius 2 is 1.95 bits per heavy atom. The molecule has 0 unspecified atom stereocenters. The molecule has 2 amide bonds. The number of piperidine rings is 1. The van der Waals surface area contributed by atoms with Crippen LogP contribution >= 0.6 is 0 Å². The largest absolute Gasteiger partial charge is 0.352 e. The molecule has 1 N–H and O–H groups in total. The first-order valence-electron chi connectivity index (χ1n) is 7.30. The minimum atomic E-state index is -0.0812. The summed E-state index contributed by atoms with van der Waals surface area (Å²) < 4.78 is 0. The fourth-order valence-electron chi connectivity index (χ4n) is 2.38. The average Bonchev–Trinajstić information content (AvgIpc) is 3.28. The Hall–Kier alpha value is -1.83. The summed E-state index contributed by atoms with van der Waals surface area (Å²) in [6.45, 7) is 2.06. The predicted octanol–water partition coefficient (Wildman–Crippen LogP) is 1.22. The monoisotopic (exact) mass is 275 g/mol. The zero-order valence-corrected chi connectivity index (χ0v) is 11.7. The standard InChI is InChI=1S/C15H21N3O2/c16-8-5-15(20)18-9-6-13(7-10-18)11-17-14(19)4-3-12-1-2-12/h3-4,12-13H,1-2,5-7,9-11H2,(H,17,19)/b4-3+. The summed E-state index contributed by atoms with van der Waals surface area (Å²) >= 11 is 0. The van der Waals surface area contributed by atoms with Gasteiger partial charge in [-0.1, -0.05) is 6.08 Å². The second-order valence-corrected chi connectivity index (χ2v) is 5.60. The molecule has 0 radical (unpaired) electrons. The highest BCUT2D eigenvalue weighted by molar-refractivity contribution is 5.87. The number of likely N-dealkylation sites (tertiary alicyclic amines) is 1. The third kappa shape index (κ3) is 4.69. The van der Waals surface area contributed by atoms with Gasteiger partial charge in [-0.05, 0) is 43.6 Å². The number of carbonyl (C=O) groups excluding carboxylic acids is 2. The Balaban J connectivity index is 1.63. The maximum absolute atomic E-state index is 11.6. The molecule has 1 aliphatic carbocycles. The van der Waals surface area contributed by atoms with Crippen molar-refractivity contribution in [2.24, 2.45) is 11.8 Å². The van der Waals surface area contributed by atoms with Gasteiger partial charge < -0.3 is 10.2 Å². The van der Waals surface area contributed by atoms with Crippen LogP contribution < -0.4 is 5.32 Å². The van der Waals surface area contributed by atoms with Crippen LogP contribution in [0.1, 0.15) is 32.1 Å². The molecule has 1 aliphatic heterocycles. The number of rotatable bonds is 5. The van der Waals surface area contributed by atoms with Crippen LogP contribution in [0, 0.1) is 23.2 Å². The van der Waals surface area contributed by atoms with Crippen molar-refractivity contribution in [3.63, 3.8) is 0 Å². The molecule has 0 aromatic rings. The second-order valence-electron chi connectivity index (χ2n) is 5.60. The fraction of sp³-hybridized carbons (Fsp3) is 0.667. The molecule has 0 atom stereocenters. The zero-order chi connectivity index (χ0) is 14.4. The number of carbonyl (C=O) groups is 2. The van der Waals surface area contributed by atoms with E-state index in [1.54, 1.807) is 11.0 Å². The number of allylic oxidation sites excluding steroid dienone is 1. The lowest BCUT2D eigenvalue weighted by Crippen LogP contribution is -2.41. The Labute approximate surface area is 119 Å². The summed E-state index contributed by atoms with van der Waals surface area (Å²) in [7, 11) is 0. The predicted molar refractivity (Wildman–Crippen MR) is 74.4 cm³/mol. The maximum atomic E-state index is 11.6. The summed E-state index contributed by atoms with van der Waals surface area (Å²) in [5.74, 6) is 0.955. The van der Waals surface area contributed by atoms with Gasteiger partial charge in [-0.15, -0.1) is 0 Å². The molecular formula is C15H21N3O2. The van der Waals surface area contributed by atoms with Crippen LogP contribution in [0.25, 0.3) is 0 Å². The highest BCUT2D eigenvalue weighted by Crippen LogP contribution is 2.29. The summed E-state index contributed by atoms with van der Waals surface area (Å²) in [5.41, 5.74) is 0. The van der Waals surface area contributed by atoms with Crippen molar-refractivity contribution in [2.75, 3.05) is 19.6 Å². The van der Waals surface area contributed by atoms with E-state index in [4.69, 9.17) is 5.26 Å². The first kappa shape index (κ1) is 14.6. The van der Waals surface area contributed by atoms with Crippen molar-refractivity contribution in [3.05, 3.63) is 12.2 Å². The Bertz CT molecular complexity index is 427. The van der Waals surface area contributed by atoms with E-state index in [9.17, 15) is 9.59 Å². The van der Waals surface area contributed by atoms with Gasteiger partial charge in [-0.25, -0.2) is 0 Å². The summed E-state index contributed by atoms with van der Waals surface area (Å²) in [6.07, 6.45) is 7.79. The van der Waals surface area contributed by atoms with Crippen LogP contribution in [-0.4, -0.2) is 36.3 Å². The van der Waals surface area contributed by atoms with E-state index < -0.39 is 0 Å². The van der Waals surface area contributed by atoms with E-state index in [0.717, 1.165) is 12.8 Å². The number of nitriles is 1. The van der Waals surface area contributed by atoms with Crippen LogP contribution in [0.4, 0.5) is 0 Å². The van der Waals surface area contributed by atoms with E-state index in [2.05, 4.69) is 5.32 Å². The van der Waals surface area contributed by atoms with E-state index in [-0.39, 0.29) is 18.2 Å². The Morgan fingerprint density at radius 1 is 1.25 bits per heavy atom. The van der Waals surface area contributed by atoms with E-state index in [0.29, 0.717) is 31.5 Å². The number of amides is 2. The van der Waals surface area contributed by atoms with Crippen molar-refractivity contribution in [1.29, 1.82) is 5.26 Å². The minimum Gasteiger partial charge on any atom is -0.352 e. The van der Waals surface area contributed by atoms with E-state index in [1.807, 2.05) is 12.1 Å². The van der Waals surface area contributed by atoms with Crippen molar-refractivity contribution in [1.82, 2.24) is 10.2 Å². The summed E-state index contributed by atoms with van der Waals surface area (Å²) in [4.78, 5) is 24.9. The molecule has 1 heterocycles. The molecule has 1 saturated carbocycles. The van der Waals surface area contributed by atoms with Gasteiger partial charge in [0.15, 0.2) is 0 Å². The van der Waals surface area contributed by atoms with E-state index >= 15 is 0 Å². The molecule has 5 heteroatoms. The van der Waals surface area contributed by atoms with Crippen LogP contribution in [0.2, 0.25) is 0 Å². The molecule has 108 valence electrons. The number of hydrogen-bond donors (Lipinski definition) is 1. The number of hydrogen-bond acceptors (Lipinski definition) is 3. The molecule has 0 aromatic heterocycles. The molecular weight excluding hydrogens is 254 g/mol. The summed E-state index contributed by atoms with van der Waals surface area (Å²) in [5, 5.41) is 11.4. The smallest absolute Gasteiger partial charge is 0.243 e. The lowest BCUT2D eigenvalue weighted by Gasteiger charge is -2.31. The van der Waals surface area contributed by atoms with Crippen molar-refractivity contribution in [2.45, 2.75) is 32.1 Å². The van der Waals surface area contributed by atoms with Crippen molar-refractivity contribution >= 4 is 11.8 Å². The topological polar surface area (TPSA) is 73.2 Å². The van der Waals surface area contributed by atoms with Crippen LogP contribution in [0.3, 0.4) is 0 Å². The lowest BCUT2D eigenvalue weighted by molar-refractivity contribution is -0.131. The molecule has 2 rings (SSSR count). The molecule has 0 bridgehead atoms. The third-order valence-electron chi connectivity index (χ3n) is 3.90. The van der Waals surface area contributed by atoms with Crippen molar-refractivity contribution < 1.29 is 9.59 Å². The fourth-order valence-corrected chi connectivity index (χ4v) is 2.38. The van der Waals surface area contributed by atoms with Gasteiger partial charge in [0, 0.05) is 19.6 Å². The SMILES string of the molecule is N#CCC(=O)N1CCC(CNC(=O)/C=C/C2CC2)CC1. The highest BCUT2D eigenvalue weighted by Gasteiger charge is 2.22. The van der Waals surface area contributed by atoms with Gasteiger partial charge in [0.2, 0.25) is 11.8 Å². The maximum Gasteiger partial charge on any atom is 0.243 e. The van der Waals surface area contributed by atoms with Gasteiger partial charge in [0.1, 0.15) is 6.42 Å². The molecule has 2 aliphatic rings. The molecule has 0 aromatic carbocycles. The average molecular weight is 275 g/mol. The van der Waals surface area contributed by atoms with Gasteiger partial charge in [0.05, 0.1) is 6.07 Å². The quantitative estimate of drug-likeness (QED) is 0.767. The third-order valence-corrected chi connectivity index (χ3v) is 3.90. The first-order chi connectivity index (χ1) is 9.69. The molecule has 20 heavy (non-hydrogen) atoms. The van der Waals surface area contributed by atoms with Crippen LogP contribution in [-0.2, 0) is 9.59 Å². The molecule has 1 saturated heterocycles. The first-order valence-corrected chi connectivity index (χ1v) is 7.30. The number of nitrogens with one attached hydrogen (secondary N) is 1. The molecule has 2 fully saturated rings. The summed E-state index contributed by atoms with van der Waals surface area (Å²) in [6, 6.07) is 1.89. The van der Waals surface area contributed by atoms with Gasteiger partial charge in [-0.2, -0.15) is 5.26 Å². The van der Waals surface area contributed by atoms with Gasteiger partial charge >= 0.3 is 0 Å². The van der Waals surface area contributed by atoms with Gasteiger partial charge in [-0.3, -0.25) is 9.59 Å². The molecule has 0 spiro atoms. The minimum absolute atomic E-state index is 0.0140. The molecule has 5 nitrogen and oxygen atoms in total. The Kier molecular flexibility index (Phi) is 5.16. The normalized spacial score (nSPS) is 19.9. The van der Waals surface area contributed by atoms with Crippen LogP contribution in [0.15, 0.2) is 12.2 Å². The zero-order valence-electron chi connectivity index (χ0n) is 11.7. The highest BCUT2D eigenvalue weighted by atomic mass is 16.2. The lowest BCUT2D eigenvalue weighted by atomic mass is 9.96. The Morgan fingerprint density at radius 3 is 2.55 bits per heavy atom. The number of nitrogens with zero attached hydrogens (tertiary/aromatic N) is 2. The second kappa shape index (κ2) is 7.09. The van der Waals surface area contributed by atoms with Crippen LogP contribution in [0.5, 0.6) is 0 Å². The van der Waals surface area contributed by atoms with Crippen molar-refractivity contribution in [3.8, 4) is 6.07 Å². The van der Waals surface area contributed by atoms with E-state index in [1.165, 1.54) is 12.8 Å². The van der Waals surface area contributed by atoms with Gasteiger partial charge in [0.25, 0.3) is 0 Å².